The first-order valence-electron chi connectivity index (χ1n) is 7.62. The molecule has 0 saturated carbocycles. The zero-order valence-corrected chi connectivity index (χ0v) is 12.9. The Morgan fingerprint density at radius 2 is 1.96 bits per heavy atom. The topological polar surface area (TPSA) is 70.1 Å². The molecule has 0 bridgehead atoms. The first-order valence-corrected chi connectivity index (χ1v) is 7.62. The predicted molar refractivity (Wildman–Crippen MR) is 73.9 cm³/mol. The number of ether oxygens (including phenoxy) is 1. The highest BCUT2D eigenvalue weighted by atomic mass is 19.4. The molecule has 132 valence electrons. The molecule has 23 heavy (non-hydrogen) atoms. The number of hydrogen-bond donors (Lipinski definition) is 1. The number of carboxylic acids is 1. The van der Waals surface area contributed by atoms with Gasteiger partial charge in [0.25, 0.3) is 0 Å². The highest BCUT2D eigenvalue weighted by Crippen LogP contribution is 2.34. The summed E-state index contributed by atoms with van der Waals surface area (Å²) in [6.07, 6.45) is -4.03. The maximum Gasteiger partial charge on any atom is 0.409 e. The zero-order valence-electron chi connectivity index (χ0n) is 12.9. The van der Waals surface area contributed by atoms with E-state index >= 15 is 0 Å². The van der Waals surface area contributed by atoms with Crippen molar-refractivity contribution in [3.05, 3.63) is 0 Å². The molecule has 2 saturated heterocycles. The van der Waals surface area contributed by atoms with Crippen molar-refractivity contribution in [2.45, 2.75) is 43.9 Å². The average Bonchev–Trinajstić information content (AvgIpc) is 2.94. The van der Waals surface area contributed by atoms with Gasteiger partial charge in [0.05, 0.1) is 13.0 Å². The van der Waals surface area contributed by atoms with Crippen molar-refractivity contribution in [2.24, 2.45) is 5.92 Å². The van der Waals surface area contributed by atoms with Crippen molar-refractivity contribution in [3.63, 3.8) is 0 Å². The van der Waals surface area contributed by atoms with Gasteiger partial charge < -0.3 is 14.7 Å². The summed E-state index contributed by atoms with van der Waals surface area (Å²) in [5, 5.41) is 9.15. The van der Waals surface area contributed by atoms with Crippen LogP contribution in [0, 0.1) is 5.92 Å². The third kappa shape index (κ3) is 4.07. The third-order valence-electron chi connectivity index (χ3n) is 4.66. The van der Waals surface area contributed by atoms with Gasteiger partial charge in [-0.1, -0.05) is 0 Å². The standard InChI is InChI=1S/C14H21F3N2O4/c1-23-13(22)19-6-4-9(12(20)21)7-10(19)8-18-5-2-3-11(18)14(15,16)17/h9-11H,2-8H2,1H3,(H,20,21)/t9-,10+,11+/m1/s1. The van der Waals surface area contributed by atoms with Crippen molar-refractivity contribution >= 4 is 12.1 Å². The fourth-order valence-electron chi connectivity index (χ4n) is 3.49. The third-order valence-corrected chi connectivity index (χ3v) is 4.66. The van der Waals surface area contributed by atoms with E-state index in [0.29, 0.717) is 13.0 Å². The van der Waals surface area contributed by atoms with Gasteiger partial charge in [-0.15, -0.1) is 0 Å². The van der Waals surface area contributed by atoms with E-state index in [1.54, 1.807) is 0 Å². The van der Waals surface area contributed by atoms with Crippen molar-refractivity contribution in [1.82, 2.24) is 9.80 Å². The summed E-state index contributed by atoms with van der Waals surface area (Å²) in [5.41, 5.74) is 0. The van der Waals surface area contributed by atoms with Crippen LogP contribution in [0.1, 0.15) is 25.7 Å². The van der Waals surface area contributed by atoms with Gasteiger partial charge in [0, 0.05) is 19.1 Å². The van der Waals surface area contributed by atoms with E-state index in [1.807, 2.05) is 0 Å². The van der Waals surface area contributed by atoms with Crippen molar-refractivity contribution < 1.29 is 32.6 Å². The van der Waals surface area contributed by atoms with Gasteiger partial charge in [0.15, 0.2) is 0 Å². The Hall–Kier alpha value is -1.51. The summed E-state index contributed by atoms with van der Waals surface area (Å²) >= 11 is 0. The number of carbonyl (C=O) groups excluding carboxylic acids is 1. The Morgan fingerprint density at radius 3 is 2.52 bits per heavy atom. The normalized spacial score (nSPS) is 29.6. The second kappa shape index (κ2) is 6.94. The first kappa shape index (κ1) is 17.8. The van der Waals surface area contributed by atoms with Gasteiger partial charge in [-0.05, 0) is 32.2 Å². The second-order valence-corrected chi connectivity index (χ2v) is 6.07. The number of piperidine rings is 1. The van der Waals surface area contributed by atoms with E-state index in [1.165, 1.54) is 16.9 Å². The Kier molecular flexibility index (Phi) is 5.38. The predicted octanol–water partition coefficient (Wildman–Crippen LogP) is 1.94. The summed E-state index contributed by atoms with van der Waals surface area (Å²) in [5.74, 6) is -1.62. The first-order chi connectivity index (χ1) is 10.7. The van der Waals surface area contributed by atoms with Crippen LogP contribution in [0.3, 0.4) is 0 Å². The summed E-state index contributed by atoms with van der Waals surface area (Å²) < 4.78 is 43.8. The van der Waals surface area contributed by atoms with E-state index in [-0.39, 0.29) is 32.4 Å². The van der Waals surface area contributed by atoms with E-state index in [4.69, 9.17) is 5.11 Å². The Morgan fingerprint density at radius 1 is 1.26 bits per heavy atom. The van der Waals surface area contributed by atoms with Crippen LogP contribution in [0.2, 0.25) is 0 Å². The molecule has 0 aliphatic carbocycles. The number of likely N-dealkylation sites (tertiary alicyclic amines) is 2. The number of alkyl halides is 3. The highest BCUT2D eigenvalue weighted by Gasteiger charge is 2.47. The van der Waals surface area contributed by atoms with Crippen LogP contribution in [0.25, 0.3) is 0 Å². The lowest BCUT2D eigenvalue weighted by atomic mass is 9.90. The number of aliphatic carboxylic acids is 1. The molecule has 0 aromatic rings. The monoisotopic (exact) mass is 338 g/mol. The maximum atomic E-state index is 13.1. The molecule has 2 aliphatic rings. The number of rotatable bonds is 3. The number of hydrogen-bond acceptors (Lipinski definition) is 4. The Balaban J connectivity index is 2.11. The van der Waals surface area contributed by atoms with Crippen LogP contribution < -0.4 is 0 Å². The van der Waals surface area contributed by atoms with Crippen LogP contribution in [-0.4, -0.2) is 72.0 Å². The van der Waals surface area contributed by atoms with Gasteiger partial charge in [0.2, 0.25) is 0 Å². The van der Waals surface area contributed by atoms with Crippen LogP contribution in [0.4, 0.5) is 18.0 Å². The van der Waals surface area contributed by atoms with E-state index in [0.717, 1.165) is 0 Å². The number of carbonyl (C=O) groups is 2. The minimum Gasteiger partial charge on any atom is -0.481 e. The molecule has 9 heteroatoms. The molecular formula is C14H21F3N2O4. The van der Waals surface area contributed by atoms with Crippen LogP contribution >= 0.6 is 0 Å². The molecule has 2 rings (SSSR count). The minimum absolute atomic E-state index is 0.0169. The van der Waals surface area contributed by atoms with Crippen LogP contribution in [-0.2, 0) is 9.53 Å². The van der Waals surface area contributed by atoms with E-state index in [9.17, 15) is 22.8 Å². The molecule has 2 heterocycles. The number of halogens is 3. The summed E-state index contributed by atoms with van der Waals surface area (Å²) in [4.78, 5) is 25.7. The molecule has 0 aromatic heterocycles. The molecule has 0 radical (unpaired) electrons. The largest absolute Gasteiger partial charge is 0.481 e. The number of carboxylic acid groups (broad SMARTS) is 1. The molecule has 6 nitrogen and oxygen atoms in total. The fraction of sp³-hybridized carbons (Fsp3) is 0.857. The second-order valence-electron chi connectivity index (χ2n) is 6.07. The quantitative estimate of drug-likeness (QED) is 0.852. The molecule has 1 N–H and O–H groups in total. The lowest BCUT2D eigenvalue weighted by Crippen LogP contribution is -2.54. The minimum atomic E-state index is -4.31. The highest BCUT2D eigenvalue weighted by molar-refractivity contribution is 5.72. The van der Waals surface area contributed by atoms with Gasteiger partial charge >= 0.3 is 18.2 Å². The van der Waals surface area contributed by atoms with Crippen molar-refractivity contribution in [3.8, 4) is 0 Å². The fourth-order valence-corrected chi connectivity index (χ4v) is 3.49. The zero-order chi connectivity index (χ0) is 17.2. The van der Waals surface area contributed by atoms with Crippen LogP contribution in [0.15, 0.2) is 0 Å². The number of amides is 1. The summed E-state index contributed by atoms with van der Waals surface area (Å²) in [6, 6.07) is -2.10. The van der Waals surface area contributed by atoms with E-state index in [2.05, 4.69) is 4.74 Å². The Bertz CT molecular complexity index is 458. The molecule has 0 spiro atoms. The van der Waals surface area contributed by atoms with E-state index < -0.39 is 36.2 Å². The van der Waals surface area contributed by atoms with Crippen LogP contribution in [0.5, 0.6) is 0 Å². The Labute approximate surface area is 132 Å². The molecule has 2 aliphatic heterocycles. The molecule has 0 aromatic carbocycles. The van der Waals surface area contributed by atoms with Gasteiger partial charge in [-0.25, -0.2) is 4.79 Å². The van der Waals surface area contributed by atoms with Crippen molar-refractivity contribution in [2.75, 3.05) is 26.7 Å². The molecule has 2 fully saturated rings. The molecule has 1 amide bonds. The van der Waals surface area contributed by atoms with Crippen molar-refractivity contribution in [1.29, 1.82) is 0 Å². The van der Waals surface area contributed by atoms with Gasteiger partial charge in [-0.3, -0.25) is 9.69 Å². The molecule has 3 atom stereocenters. The summed E-state index contributed by atoms with van der Waals surface area (Å²) in [7, 11) is 1.21. The van der Waals surface area contributed by atoms with Gasteiger partial charge in [0.1, 0.15) is 6.04 Å². The molecular weight excluding hydrogens is 317 g/mol. The molecule has 0 unspecified atom stereocenters. The smallest absolute Gasteiger partial charge is 0.409 e. The van der Waals surface area contributed by atoms with Gasteiger partial charge in [-0.2, -0.15) is 13.2 Å². The lowest BCUT2D eigenvalue weighted by molar-refractivity contribution is -0.178. The lowest BCUT2D eigenvalue weighted by Gasteiger charge is -2.40. The number of methoxy groups -OCH3 is 1. The summed E-state index contributed by atoms with van der Waals surface area (Å²) in [6.45, 7) is 0.495. The number of nitrogens with zero attached hydrogens (tertiary/aromatic N) is 2. The SMILES string of the molecule is COC(=O)N1CC[C@@H](C(=O)O)C[C@H]1CN1CCC[C@H]1C(F)(F)F. The average molecular weight is 338 g/mol. The maximum absolute atomic E-state index is 13.1.